The van der Waals surface area contributed by atoms with E-state index in [9.17, 15) is 19.5 Å². The molecule has 0 radical (unpaired) electrons. The van der Waals surface area contributed by atoms with E-state index in [1.54, 1.807) is 12.1 Å². The van der Waals surface area contributed by atoms with Crippen molar-refractivity contribution in [2.75, 3.05) is 0 Å². The number of phenols is 1. The fourth-order valence-electron chi connectivity index (χ4n) is 2.39. The average Bonchev–Trinajstić information content (AvgIpc) is 2.58. The molecule has 0 aliphatic rings. The van der Waals surface area contributed by atoms with E-state index < -0.39 is 23.6 Å². The molecule has 0 heterocycles. The van der Waals surface area contributed by atoms with E-state index in [-0.39, 0.29) is 39.9 Å². The van der Waals surface area contributed by atoms with E-state index in [0.29, 0.717) is 5.56 Å². The standard InChI is InChI=1S/C19H17Cl2NO5/c1-10(19(26)27)5-16(24)17-14(20)7-12(8-15(17)21)18(25)22-9-11-3-2-4-13(23)6-11/h2-4,6-8,10,23H,5,9H2,1H3,(H,22,25)(H,26,27). The van der Waals surface area contributed by atoms with Crippen LogP contribution in [0.3, 0.4) is 0 Å². The molecule has 3 N–H and O–H groups in total. The fourth-order valence-corrected chi connectivity index (χ4v) is 3.09. The number of phenolic OH excluding ortho intramolecular Hbond substituents is 1. The summed E-state index contributed by atoms with van der Waals surface area (Å²) in [6.45, 7) is 1.59. The third-order valence-corrected chi connectivity index (χ3v) is 4.46. The lowest BCUT2D eigenvalue weighted by atomic mass is 9.98. The SMILES string of the molecule is CC(CC(=O)c1c(Cl)cc(C(=O)NCc2cccc(O)c2)cc1Cl)C(=O)O. The van der Waals surface area contributed by atoms with Crippen molar-refractivity contribution in [2.24, 2.45) is 5.92 Å². The highest BCUT2D eigenvalue weighted by Crippen LogP contribution is 2.29. The Labute approximate surface area is 165 Å². The van der Waals surface area contributed by atoms with Crippen molar-refractivity contribution in [3.05, 3.63) is 63.1 Å². The van der Waals surface area contributed by atoms with Crippen LogP contribution >= 0.6 is 23.2 Å². The van der Waals surface area contributed by atoms with Gasteiger partial charge < -0.3 is 15.5 Å². The first kappa shape index (κ1) is 20.7. The highest BCUT2D eigenvalue weighted by molar-refractivity contribution is 6.40. The number of hydrogen-bond acceptors (Lipinski definition) is 4. The van der Waals surface area contributed by atoms with Gasteiger partial charge in [-0.15, -0.1) is 0 Å². The zero-order valence-electron chi connectivity index (χ0n) is 14.3. The molecule has 0 saturated carbocycles. The largest absolute Gasteiger partial charge is 0.508 e. The van der Waals surface area contributed by atoms with Crippen molar-refractivity contribution < 1.29 is 24.6 Å². The molecule has 0 spiro atoms. The number of rotatable bonds is 7. The molecular weight excluding hydrogens is 393 g/mol. The first-order chi connectivity index (χ1) is 12.7. The number of aliphatic carboxylic acids is 1. The summed E-state index contributed by atoms with van der Waals surface area (Å²) in [5.74, 6) is -2.86. The summed E-state index contributed by atoms with van der Waals surface area (Å²) in [5, 5.41) is 21.0. The van der Waals surface area contributed by atoms with Gasteiger partial charge in [0, 0.05) is 18.5 Å². The third kappa shape index (κ3) is 5.45. The van der Waals surface area contributed by atoms with E-state index in [1.807, 2.05) is 0 Å². The molecule has 2 aromatic rings. The summed E-state index contributed by atoms with van der Waals surface area (Å²) in [7, 11) is 0. The number of carbonyl (C=O) groups is 3. The Bertz CT molecular complexity index is 874. The molecule has 8 heteroatoms. The van der Waals surface area contributed by atoms with Crippen LogP contribution in [0.15, 0.2) is 36.4 Å². The van der Waals surface area contributed by atoms with Crippen molar-refractivity contribution >= 4 is 40.9 Å². The van der Waals surface area contributed by atoms with Gasteiger partial charge in [-0.1, -0.05) is 42.3 Å². The van der Waals surface area contributed by atoms with E-state index >= 15 is 0 Å². The lowest BCUT2D eigenvalue weighted by Gasteiger charge is -2.11. The van der Waals surface area contributed by atoms with Crippen molar-refractivity contribution in [1.29, 1.82) is 0 Å². The van der Waals surface area contributed by atoms with Gasteiger partial charge >= 0.3 is 5.97 Å². The molecule has 0 fully saturated rings. The number of nitrogens with one attached hydrogen (secondary N) is 1. The Balaban J connectivity index is 2.14. The van der Waals surface area contributed by atoms with Gasteiger partial charge in [0.25, 0.3) is 5.91 Å². The normalized spacial score (nSPS) is 11.7. The van der Waals surface area contributed by atoms with Gasteiger partial charge in [0.2, 0.25) is 0 Å². The summed E-state index contributed by atoms with van der Waals surface area (Å²) in [5.41, 5.74) is 0.860. The third-order valence-electron chi connectivity index (χ3n) is 3.86. The van der Waals surface area contributed by atoms with Crippen molar-refractivity contribution in [2.45, 2.75) is 19.9 Å². The summed E-state index contributed by atoms with van der Waals surface area (Å²) in [4.78, 5) is 35.5. The number of carboxylic acids is 1. The van der Waals surface area contributed by atoms with Gasteiger partial charge in [-0.25, -0.2) is 0 Å². The molecule has 2 rings (SSSR count). The number of carbonyl (C=O) groups excluding carboxylic acids is 2. The molecule has 1 unspecified atom stereocenters. The van der Waals surface area contributed by atoms with Gasteiger partial charge in [0.1, 0.15) is 5.75 Å². The summed E-state index contributed by atoms with van der Waals surface area (Å²) >= 11 is 12.2. The minimum atomic E-state index is -1.10. The van der Waals surface area contributed by atoms with Crippen molar-refractivity contribution in [1.82, 2.24) is 5.32 Å². The number of ketones is 1. The van der Waals surface area contributed by atoms with Gasteiger partial charge in [0.05, 0.1) is 21.5 Å². The maximum atomic E-state index is 12.3. The average molecular weight is 410 g/mol. The highest BCUT2D eigenvalue weighted by atomic mass is 35.5. The van der Waals surface area contributed by atoms with Crippen molar-refractivity contribution in [3.63, 3.8) is 0 Å². The lowest BCUT2D eigenvalue weighted by Crippen LogP contribution is -2.23. The first-order valence-corrected chi connectivity index (χ1v) is 8.75. The quantitative estimate of drug-likeness (QED) is 0.601. The molecule has 6 nitrogen and oxygen atoms in total. The molecule has 142 valence electrons. The molecule has 0 aliphatic carbocycles. The predicted octanol–water partition coefficient (Wildman–Crippen LogP) is 3.92. The molecule has 0 bridgehead atoms. The Morgan fingerprint density at radius 3 is 2.30 bits per heavy atom. The Morgan fingerprint density at radius 1 is 1.11 bits per heavy atom. The molecule has 0 aliphatic heterocycles. The number of halogens is 2. The molecule has 1 amide bonds. The van der Waals surface area contributed by atoms with Gasteiger partial charge in [-0.2, -0.15) is 0 Å². The molecular formula is C19H17Cl2NO5. The molecule has 1 atom stereocenters. The summed E-state index contributed by atoms with van der Waals surface area (Å²) in [6.07, 6.45) is -0.252. The second-order valence-corrected chi connectivity index (χ2v) is 6.85. The molecule has 0 aromatic heterocycles. The van der Waals surface area contributed by atoms with Gasteiger partial charge in [-0.05, 0) is 29.8 Å². The fraction of sp³-hybridized carbons (Fsp3) is 0.211. The minimum absolute atomic E-state index is 0.00374. The highest BCUT2D eigenvalue weighted by Gasteiger charge is 2.22. The predicted molar refractivity (Wildman–Crippen MR) is 101 cm³/mol. The van der Waals surface area contributed by atoms with Crippen LogP contribution in [0.2, 0.25) is 10.0 Å². The number of aromatic hydroxyl groups is 1. The van der Waals surface area contributed by atoms with E-state index in [1.165, 1.54) is 31.2 Å². The van der Waals surface area contributed by atoms with Crippen LogP contribution in [0.1, 0.15) is 39.6 Å². The molecule has 27 heavy (non-hydrogen) atoms. The van der Waals surface area contributed by atoms with E-state index in [0.717, 1.165) is 0 Å². The zero-order chi connectivity index (χ0) is 20.1. The topological polar surface area (TPSA) is 104 Å². The minimum Gasteiger partial charge on any atom is -0.508 e. The van der Waals surface area contributed by atoms with E-state index in [2.05, 4.69) is 5.32 Å². The lowest BCUT2D eigenvalue weighted by molar-refractivity contribution is -0.141. The second-order valence-electron chi connectivity index (χ2n) is 6.03. The van der Waals surface area contributed by atoms with Crippen LogP contribution in [0, 0.1) is 5.92 Å². The maximum absolute atomic E-state index is 12.3. The van der Waals surface area contributed by atoms with Gasteiger partial charge in [0.15, 0.2) is 5.78 Å². The van der Waals surface area contributed by atoms with Crippen LogP contribution in [0.4, 0.5) is 0 Å². The number of hydrogen-bond donors (Lipinski definition) is 3. The van der Waals surface area contributed by atoms with E-state index in [4.69, 9.17) is 28.3 Å². The van der Waals surface area contributed by atoms with Crippen molar-refractivity contribution in [3.8, 4) is 5.75 Å². The van der Waals surface area contributed by atoms with Crippen LogP contribution in [0.25, 0.3) is 0 Å². The molecule has 0 saturated heterocycles. The zero-order valence-corrected chi connectivity index (χ0v) is 15.8. The number of carboxylic acid groups (broad SMARTS) is 1. The van der Waals surface area contributed by atoms with Gasteiger partial charge in [-0.3, -0.25) is 14.4 Å². The summed E-state index contributed by atoms with van der Waals surface area (Å²) < 4.78 is 0. The first-order valence-electron chi connectivity index (χ1n) is 8.00. The Kier molecular flexibility index (Phi) is 6.82. The molecule has 2 aromatic carbocycles. The second kappa shape index (κ2) is 8.88. The Hall–Kier alpha value is -2.57. The van der Waals surface area contributed by atoms with Crippen LogP contribution in [-0.4, -0.2) is 27.9 Å². The number of benzene rings is 2. The number of amides is 1. The monoisotopic (exact) mass is 409 g/mol. The Morgan fingerprint density at radius 2 is 1.74 bits per heavy atom. The van der Waals surface area contributed by atoms with Crippen LogP contribution in [0.5, 0.6) is 5.75 Å². The smallest absolute Gasteiger partial charge is 0.306 e. The summed E-state index contributed by atoms with van der Waals surface area (Å²) in [6, 6.07) is 9.06. The van der Waals surface area contributed by atoms with Crippen LogP contribution < -0.4 is 5.32 Å². The van der Waals surface area contributed by atoms with Crippen LogP contribution in [-0.2, 0) is 11.3 Å². The maximum Gasteiger partial charge on any atom is 0.306 e. The number of Topliss-reactive ketones (excluding diaryl/α,β-unsaturated/α-hetero) is 1.